The number of carbonyl (C=O) groups excluding carboxylic acids is 1. The number of amides is 1. The van der Waals surface area contributed by atoms with Crippen molar-refractivity contribution in [1.29, 1.82) is 0 Å². The Kier molecular flexibility index (Phi) is 5.57. The van der Waals surface area contributed by atoms with E-state index in [2.05, 4.69) is 21.2 Å². The van der Waals surface area contributed by atoms with Crippen molar-refractivity contribution in [1.82, 2.24) is 5.32 Å². The van der Waals surface area contributed by atoms with Gasteiger partial charge in [-0.1, -0.05) is 0 Å². The monoisotopic (exact) mass is 353 g/mol. The van der Waals surface area contributed by atoms with E-state index in [0.717, 1.165) is 0 Å². The van der Waals surface area contributed by atoms with Crippen LogP contribution in [0.5, 0.6) is 5.75 Å². The Hall–Kier alpha value is -2.08. The third kappa shape index (κ3) is 5.43. The highest BCUT2D eigenvalue weighted by Crippen LogP contribution is 2.14. The van der Waals surface area contributed by atoms with Crippen molar-refractivity contribution in [3.05, 3.63) is 58.7 Å². The van der Waals surface area contributed by atoms with E-state index in [4.69, 9.17) is 9.15 Å². The van der Waals surface area contributed by atoms with Crippen LogP contribution in [-0.2, 0) is 4.79 Å². The number of ether oxygens (including phenoxy) is 1. The van der Waals surface area contributed by atoms with Crippen molar-refractivity contribution in [2.24, 2.45) is 0 Å². The summed E-state index contributed by atoms with van der Waals surface area (Å²) in [5.74, 6) is 0.580. The van der Waals surface area contributed by atoms with Gasteiger partial charge in [0.05, 0.1) is 6.54 Å². The van der Waals surface area contributed by atoms with Crippen molar-refractivity contribution >= 4 is 27.9 Å². The summed E-state index contributed by atoms with van der Waals surface area (Å²) in [6.07, 6.45) is 2.95. The van der Waals surface area contributed by atoms with Crippen LogP contribution in [0.2, 0.25) is 0 Å². The molecule has 0 fully saturated rings. The molecule has 0 aliphatic carbocycles. The summed E-state index contributed by atoms with van der Waals surface area (Å²) in [5, 5.41) is 2.66. The molecular formula is C15H13BrFNO3. The second-order valence-electron chi connectivity index (χ2n) is 4.07. The van der Waals surface area contributed by atoms with Gasteiger partial charge in [-0.3, -0.25) is 4.79 Å². The maximum absolute atomic E-state index is 12.7. The molecule has 0 saturated carbocycles. The number of halogens is 2. The first kappa shape index (κ1) is 15.3. The minimum atomic E-state index is -0.314. The number of benzene rings is 1. The summed E-state index contributed by atoms with van der Waals surface area (Å²) < 4.78 is 23.9. The Morgan fingerprint density at radius 3 is 2.71 bits per heavy atom. The van der Waals surface area contributed by atoms with E-state index >= 15 is 0 Å². The first-order valence-electron chi connectivity index (χ1n) is 6.23. The number of nitrogens with one attached hydrogen (secondary N) is 1. The fourth-order valence-electron chi connectivity index (χ4n) is 1.51. The Morgan fingerprint density at radius 2 is 2.05 bits per heavy atom. The molecule has 0 saturated heterocycles. The van der Waals surface area contributed by atoms with Crippen molar-refractivity contribution in [2.45, 2.75) is 0 Å². The van der Waals surface area contributed by atoms with Gasteiger partial charge < -0.3 is 14.5 Å². The van der Waals surface area contributed by atoms with Gasteiger partial charge in [0.2, 0.25) is 5.91 Å². The lowest BCUT2D eigenvalue weighted by atomic mass is 10.3. The molecule has 21 heavy (non-hydrogen) atoms. The van der Waals surface area contributed by atoms with Crippen LogP contribution in [0.4, 0.5) is 4.39 Å². The third-order valence-electron chi connectivity index (χ3n) is 2.48. The Balaban J connectivity index is 1.67. The first-order valence-corrected chi connectivity index (χ1v) is 7.02. The molecule has 1 heterocycles. The minimum absolute atomic E-state index is 0.245. The molecule has 6 heteroatoms. The van der Waals surface area contributed by atoms with Crippen LogP contribution in [0.3, 0.4) is 0 Å². The molecule has 0 aliphatic heterocycles. The fourth-order valence-corrected chi connectivity index (χ4v) is 1.83. The maximum atomic E-state index is 12.7. The number of rotatable bonds is 6. The number of hydrogen-bond donors (Lipinski definition) is 1. The molecule has 0 bridgehead atoms. The van der Waals surface area contributed by atoms with Crippen LogP contribution in [-0.4, -0.2) is 19.1 Å². The predicted molar refractivity (Wildman–Crippen MR) is 80.3 cm³/mol. The highest BCUT2D eigenvalue weighted by Gasteiger charge is 1.99. The van der Waals surface area contributed by atoms with E-state index in [1.165, 1.54) is 30.3 Å². The Morgan fingerprint density at radius 1 is 1.29 bits per heavy atom. The van der Waals surface area contributed by atoms with E-state index in [-0.39, 0.29) is 11.7 Å². The molecule has 0 spiro atoms. The molecular weight excluding hydrogens is 341 g/mol. The smallest absolute Gasteiger partial charge is 0.244 e. The Labute approximate surface area is 129 Å². The number of hydrogen-bond acceptors (Lipinski definition) is 3. The molecule has 1 N–H and O–H groups in total. The lowest BCUT2D eigenvalue weighted by Gasteiger charge is -2.06. The molecule has 0 unspecified atom stereocenters. The van der Waals surface area contributed by atoms with E-state index in [1.54, 1.807) is 18.2 Å². The van der Waals surface area contributed by atoms with Crippen molar-refractivity contribution in [3.8, 4) is 5.75 Å². The van der Waals surface area contributed by atoms with E-state index in [1.807, 2.05) is 0 Å². The third-order valence-corrected chi connectivity index (χ3v) is 2.90. The van der Waals surface area contributed by atoms with E-state index < -0.39 is 0 Å². The molecule has 0 radical (unpaired) electrons. The van der Waals surface area contributed by atoms with E-state index in [0.29, 0.717) is 29.3 Å². The van der Waals surface area contributed by atoms with Crippen molar-refractivity contribution in [3.63, 3.8) is 0 Å². The highest BCUT2D eigenvalue weighted by molar-refractivity contribution is 9.10. The molecule has 1 aromatic heterocycles. The predicted octanol–water partition coefficient (Wildman–Crippen LogP) is 3.39. The summed E-state index contributed by atoms with van der Waals surface area (Å²) in [7, 11) is 0. The van der Waals surface area contributed by atoms with Gasteiger partial charge in [-0.2, -0.15) is 0 Å². The van der Waals surface area contributed by atoms with Gasteiger partial charge in [0.15, 0.2) is 4.67 Å². The van der Waals surface area contributed by atoms with Gasteiger partial charge >= 0.3 is 0 Å². The number of furan rings is 1. The quantitative estimate of drug-likeness (QED) is 0.639. The molecule has 2 rings (SSSR count). The molecule has 1 amide bonds. The van der Waals surface area contributed by atoms with Crippen LogP contribution in [0.1, 0.15) is 5.76 Å². The fraction of sp³-hybridized carbons (Fsp3) is 0.133. The van der Waals surface area contributed by atoms with Crippen LogP contribution >= 0.6 is 15.9 Å². The lowest BCUT2D eigenvalue weighted by Crippen LogP contribution is -2.26. The van der Waals surface area contributed by atoms with Crippen LogP contribution in [0, 0.1) is 5.82 Å². The van der Waals surface area contributed by atoms with E-state index in [9.17, 15) is 9.18 Å². The van der Waals surface area contributed by atoms with Crippen molar-refractivity contribution in [2.75, 3.05) is 13.2 Å². The SMILES string of the molecule is O=C(/C=C/c1ccc(Br)o1)NCCOc1ccc(F)cc1. The van der Waals surface area contributed by atoms with Gasteiger partial charge in [0, 0.05) is 6.08 Å². The first-order chi connectivity index (χ1) is 10.1. The van der Waals surface area contributed by atoms with Crippen LogP contribution in [0.25, 0.3) is 6.08 Å². The average Bonchev–Trinajstić information content (AvgIpc) is 2.89. The van der Waals surface area contributed by atoms with Crippen LogP contribution < -0.4 is 10.1 Å². The molecule has 2 aromatic rings. The summed E-state index contributed by atoms with van der Waals surface area (Å²) in [5.41, 5.74) is 0. The van der Waals surface area contributed by atoms with Gasteiger partial charge in [-0.25, -0.2) is 4.39 Å². The largest absolute Gasteiger partial charge is 0.492 e. The summed E-state index contributed by atoms with van der Waals surface area (Å²) in [6, 6.07) is 9.19. The highest BCUT2D eigenvalue weighted by atomic mass is 79.9. The second kappa shape index (κ2) is 7.64. The van der Waals surface area contributed by atoms with Gasteiger partial charge in [0.1, 0.15) is 23.9 Å². The van der Waals surface area contributed by atoms with Gasteiger partial charge in [0.25, 0.3) is 0 Å². The normalized spacial score (nSPS) is 10.8. The molecule has 0 aliphatic rings. The zero-order valence-corrected chi connectivity index (χ0v) is 12.6. The Bertz CT molecular complexity index is 622. The lowest BCUT2D eigenvalue weighted by molar-refractivity contribution is -0.116. The summed E-state index contributed by atoms with van der Waals surface area (Å²) in [4.78, 5) is 11.5. The zero-order chi connectivity index (χ0) is 15.1. The topological polar surface area (TPSA) is 51.5 Å². The summed E-state index contributed by atoms with van der Waals surface area (Å²) >= 11 is 3.18. The number of carbonyl (C=O) groups is 1. The zero-order valence-electron chi connectivity index (χ0n) is 11.0. The van der Waals surface area contributed by atoms with Gasteiger partial charge in [-0.15, -0.1) is 0 Å². The van der Waals surface area contributed by atoms with Crippen molar-refractivity contribution < 1.29 is 18.3 Å². The molecule has 4 nitrogen and oxygen atoms in total. The summed E-state index contributed by atoms with van der Waals surface area (Å²) in [6.45, 7) is 0.653. The molecule has 1 aromatic carbocycles. The van der Waals surface area contributed by atoms with Gasteiger partial charge in [-0.05, 0) is 58.4 Å². The molecule has 0 atom stereocenters. The van der Waals surface area contributed by atoms with Crippen LogP contribution in [0.15, 0.2) is 51.6 Å². The average molecular weight is 354 g/mol. The minimum Gasteiger partial charge on any atom is -0.492 e. The standard InChI is InChI=1S/C15H13BrFNO3/c16-14-7-5-13(21-14)6-8-15(19)18-9-10-20-12-3-1-11(17)2-4-12/h1-8H,9-10H2,(H,18,19)/b8-6+. The maximum Gasteiger partial charge on any atom is 0.244 e. The molecule has 110 valence electrons. The second-order valence-corrected chi connectivity index (χ2v) is 4.85.